The number of likely N-dealkylation sites (tertiary alicyclic amines) is 1. The second-order valence-corrected chi connectivity index (χ2v) is 6.86. The van der Waals surface area contributed by atoms with Crippen molar-refractivity contribution in [1.82, 2.24) is 4.90 Å². The molecule has 2 N–H and O–H groups in total. The molecule has 0 aliphatic carbocycles. The molecule has 0 spiro atoms. The van der Waals surface area contributed by atoms with Crippen LogP contribution in [0.5, 0.6) is 0 Å². The van der Waals surface area contributed by atoms with Gasteiger partial charge in [0, 0.05) is 24.8 Å². The number of carboxylic acid groups (broad SMARTS) is 1. The average Bonchev–Trinajstić information content (AvgIpc) is 2.64. The zero-order valence-corrected chi connectivity index (χ0v) is 15.0. The minimum absolute atomic E-state index is 0.0151. The summed E-state index contributed by atoms with van der Waals surface area (Å²) in [6.07, 6.45) is -4.03. The summed E-state index contributed by atoms with van der Waals surface area (Å²) in [6.45, 7) is 0.800. The average molecular weight is 396 g/mol. The predicted octanol–water partition coefficient (Wildman–Crippen LogP) is 4.99. The number of halogens is 4. The molecule has 1 heterocycles. The second kappa shape index (κ2) is 8.08. The van der Waals surface area contributed by atoms with Crippen molar-refractivity contribution in [3.05, 3.63) is 65.0 Å². The Morgan fingerprint density at radius 3 is 2.50 bits per heavy atom. The Kier molecular flexibility index (Phi) is 5.76. The minimum atomic E-state index is -4.43. The highest BCUT2D eigenvalue weighted by Gasteiger charge is 2.30. The van der Waals surface area contributed by atoms with E-state index >= 15 is 0 Å². The molecule has 0 unspecified atom stereocenters. The third kappa shape index (κ3) is 4.94. The first-order chi connectivity index (χ1) is 13.2. The number of nitrogens with one attached hydrogen (secondary N) is 1. The predicted molar refractivity (Wildman–Crippen MR) is 96.9 cm³/mol. The number of carbonyl (C=O) groups is 1. The number of benzene rings is 2. The van der Waals surface area contributed by atoms with Crippen molar-refractivity contribution in [2.24, 2.45) is 0 Å². The van der Waals surface area contributed by atoms with Crippen LogP contribution in [0.25, 0.3) is 0 Å². The summed E-state index contributed by atoms with van der Waals surface area (Å²) in [5, 5.41) is 12.3. The molecule has 0 saturated carbocycles. The maximum atomic E-state index is 13.8. The maximum Gasteiger partial charge on any atom is 0.416 e. The lowest BCUT2D eigenvalue weighted by atomic mass is 9.99. The van der Waals surface area contributed by atoms with Crippen molar-refractivity contribution in [2.45, 2.75) is 31.5 Å². The summed E-state index contributed by atoms with van der Waals surface area (Å²) in [5.74, 6) is -0.465. The second-order valence-electron chi connectivity index (χ2n) is 6.86. The van der Waals surface area contributed by atoms with E-state index in [1.807, 2.05) is 0 Å². The molecule has 0 bridgehead atoms. The van der Waals surface area contributed by atoms with E-state index in [4.69, 9.17) is 5.11 Å². The van der Waals surface area contributed by atoms with E-state index in [-0.39, 0.29) is 12.5 Å². The van der Waals surface area contributed by atoms with Crippen molar-refractivity contribution < 1.29 is 27.5 Å². The molecule has 2 aromatic carbocycles. The van der Waals surface area contributed by atoms with Gasteiger partial charge in [-0.25, -0.2) is 9.18 Å². The van der Waals surface area contributed by atoms with Crippen LogP contribution in [0.2, 0.25) is 0 Å². The van der Waals surface area contributed by atoms with Gasteiger partial charge in [0.05, 0.1) is 5.56 Å². The van der Waals surface area contributed by atoms with Gasteiger partial charge in [0.2, 0.25) is 0 Å². The normalized spacial score (nSPS) is 15.5. The number of hydrogen-bond donors (Lipinski definition) is 2. The Bertz CT molecular complexity index is 846. The van der Waals surface area contributed by atoms with Gasteiger partial charge in [0.15, 0.2) is 0 Å². The van der Waals surface area contributed by atoms with E-state index < -0.39 is 23.7 Å². The van der Waals surface area contributed by atoms with Gasteiger partial charge < -0.3 is 15.3 Å². The summed E-state index contributed by atoms with van der Waals surface area (Å²) in [6, 6.07) is 9.19. The molecule has 150 valence electrons. The molecule has 1 amide bonds. The highest BCUT2D eigenvalue weighted by atomic mass is 19.4. The van der Waals surface area contributed by atoms with E-state index in [1.165, 1.54) is 23.1 Å². The molecule has 28 heavy (non-hydrogen) atoms. The standard InChI is InChI=1S/C20H20F4N2O2/c21-16-4-5-18(25-17-6-8-26(9-7-17)19(27)28)14(12-16)10-13-2-1-3-15(11-13)20(22,23)24/h1-5,11-12,17,25H,6-10H2,(H,27,28). The van der Waals surface area contributed by atoms with Crippen LogP contribution in [0.3, 0.4) is 0 Å². The van der Waals surface area contributed by atoms with E-state index in [2.05, 4.69) is 5.32 Å². The Hall–Kier alpha value is -2.77. The van der Waals surface area contributed by atoms with Gasteiger partial charge in [-0.15, -0.1) is 0 Å². The third-order valence-electron chi connectivity index (χ3n) is 4.84. The van der Waals surface area contributed by atoms with Gasteiger partial charge in [-0.2, -0.15) is 13.2 Å². The van der Waals surface area contributed by atoms with Gasteiger partial charge in [-0.3, -0.25) is 0 Å². The first-order valence-corrected chi connectivity index (χ1v) is 8.91. The van der Waals surface area contributed by atoms with Gasteiger partial charge in [-0.1, -0.05) is 18.2 Å². The Labute approximate surface area is 159 Å². The smallest absolute Gasteiger partial charge is 0.416 e. The number of anilines is 1. The highest BCUT2D eigenvalue weighted by Crippen LogP contribution is 2.31. The number of hydrogen-bond acceptors (Lipinski definition) is 2. The summed E-state index contributed by atoms with van der Waals surface area (Å²) >= 11 is 0. The largest absolute Gasteiger partial charge is 0.465 e. The lowest BCUT2D eigenvalue weighted by Crippen LogP contribution is -2.41. The Morgan fingerprint density at radius 1 is 1.14 bits per heavy atom. The molecule has 3 rings (SSSR count). The number of piperidine rings is 1. The first kappa shape index (κ1) is 20.0. The molecule has 2 aromatic rings. The topological polar surface area (TPSA) is 52.6 Å². The highest BCUT2D eigenvalue weighted by molar-refractivity contribution is 5.65. The van der Waals surface area contributed by atoms with Gasteiger partial charge in [0.25, 0.3) is 0 Å². The van der Waals surface area contributed by atoms with E-state index in [9.17, 15) is 22.4 Å². The first-order valence-electron chi connectivity index (χ1n) is 8.91. The van der Waals surface area contributed by atoms with Gasteiger partial charge >= 0.3 is 12.3 Å². The van der Waals surface area contributed by atoms with Crippen LogP contribution in [0, 0.1) is 5.82 Å². The number of nitrogens with zero attached hydrogens (tertiary/aromatic N) is 1. The molecule has 1 saturated heterocycles. The third-order valence-corrected chi connectivity index (χ3v) is 4.84. The Morgan fingerprint density at radius 2 is 1.86 bits per heavy atom. The zero-order valence-electron chi connectivity index (χ0n) is 15.0. The van der Waals surface area contributed by atoms with Crippen LogP contribution in [0.15, 0.2) is 42.5 Å². The fourth-order valence-corrected chi connectivity index (χ4v) is 3.36. The van der Waals surface area contributed by atoms with E-state index in [0.29, 0.717) is 42.7 Å². The molecular weight excluding hydrogens is 376 g/mol. The number of rotatable bonds is 4. The van der Waals surface area contributed by atoms with Crippen molar-refractivity contribution >= 4 is 11.8 Å². The fraction of sp³-hybridized carbons (Fsp3) is 0.350. The molecule has 8 heteroatoms. The van der Waals surface area contributed by atoms with Crippen LogP contribution in [-0.4, -0.2) is 35.2 Å². The number of alkyl halides is 3. The van der Waals surface area contributed by atoms with Crippen LogP contribution >= 0.6 is 0 Å². The number of amides is 1. The van der Waals surface area contributed by atoms with E-state index in [1.54, 1.807) is 12.1 Å². The summed E-state index contributed by atoms with van der Waals surface area (Å²) in [5.41, 5.74) is 0.897. The van der Waals surface area contributed by atoms with Crippen LogP contribution in [0.4, 0.5) is 28.0 Å². The summed E-state index contributed by atoms with van der Waals surface area (Å²) in [4.78, 5) is 12.3. The molecule has 0 atom stereocenters. The minimum Gasteiger partial charge on any atom is -0.465 e. The lowest BCUT2D eigenvalue weighted by molar-refractivity contribution is -0.137. The molecule has 0 aromatic heterocycles. The fourth-order valence-electron chi connectivity index (χ4n) is 3.36. The summed E-state index contributed by atoms with van der Waals surface area (Å²) in [7, 11) is 0. The van der Waals surface area contributed by atoms with Crippen molar-refractivity contribution in [3.8, 4) is 0 Å². The van der Waals surface area contributed by atoms with Crippen LogP contribution < -0.4 is 5.32 Å². The quantitative estimate of drug-likeness (QED) is 0.716. The van der Waals surface area contributed by atoms with Crippen molar-refractivity contribution in [1.29, 1.82) is 0 Å². The molecule has 1 aliphatic rings. The van der Waals surface area contributed by atoms with E-state index in [0.717, 1.165) is 12.1 Å². The van der Waals surface area contributed by atoms with Gasteiger partial charge in [0.1, 0.15) is 5.82 Å². The van der Waals surface area contributed by atoms with Crippen molar-refractivity contribution in [3.63, 3.8) is 0 Å². The van der Waals surface area contributed by atoms with Crippen molar-refractivity contribution in [2.75, 3.05) is 18.4 Å². The van der Waals surface area contributed by atoms with Gasteiger partial charge in [-0.05, 0) is 54.7 Å². The zero-order chi connectivity index (χ0) is 20.3. The molecular formula is C20H20F4N2O2. The molecule has 0 radical (unpaired) electrons. The van der Waals surface area contributed by atoms with Crippen LogP contribution in [0.1, 0.15) is 29.5 Å². The molecule has 4 nitrogen and oxygen atoms in total. The molecule has 1 fully saturated rings. The Balaban J connectivity index is 1.76. The SMILES string of the molecule is O=C(O)N1CCC(Nc2ccc(F)cc2Cc2cccc(C(F)(F)F)c2)CC1. The lowest BCUT2D eigenvalue weighted by Gasteiger charge is -2.31. The monoisotopic (exact) mass is 396 g/mol. The molecule has 1 aliphatic heterocycles. The maximum absolute atomic E-state index is 13.8. The van der Waals surface area contributed by atoms with Crippen LogP contribution in [-0.2, 0) is 12.6 Å². The summed E-state index contributed by atoms with van der Waals surface area (Å²) < 4.78 is 52.5.